The molecule has 0 radical (unpaired) electrons. The Bertz CT molecular complexity index is 713. The predicted octanol–water partition coefficient (Wildman–Crippen LogP) is 5.46. The van der Waals surface area contributed by atoms with Crippen molar-refractivity contribution in [2.45, 2.75) is 52.0 Å². The Morgan fingerprint density at radius 3 is 2.07 bits per heavy atom. The standard InChI is InChI=1S/C27H38N2/c1-20(29-18-23-14-15-24-16-26(23)27(24,2)3)17-28-19-25(21-10-6-4-7-11-21)22-12-8-5-9-13-22/h4-13,20,23-26,28-29H,14-19H2,1-3H3/t20?,23?,24-,26-/m1/s1. The van der Waals surface area contributed by atoms with Crippen LogP contribution in [0.3, 0.4) is 0 Å². The Labute approximate surface area is 177 Å². The fourth-order valence-corrected chi connectivity index (χ4v) is 5.87. The van der Waals surface area contributed by atoms with E-state index in [1.54, 1.807) is 0 Å². The van der Waals surface area contributed by atoms with Crippen molar-refractivity contribution < 1.29 is 0 Å². The molecule has 3 fully saturated rings. The molecule has 0 aromatic heterocycles. The summed E-state index contributed by atoms with van der Waals surface area (Å²) in [5, 5.41) is 7.58. The van der Waals surface area contributed by atoms with E-state index in [1.807, 2.05) is 0 Å². The van der Waals surface area contributed by atoms with Crippen LogP contribution < -0.4 is 10.6 Å². The number of fused-ring (bicyclic) bond motifs is 2. The van der Waals surface area contributed by atoms with Crippen molar-refractivity contribution in [3.63, 3.8) is 0 Å². The van der Waals surface area contributed by atoms with Crippen molar-refractivity contribution in [1.82, 2.24) is 10.6 Å². The van der Waals surface area contributed by atoms with E-state index in [0.717, 1.165) is 30.8 Å². The zero-order chi connectivity index (χ0) is 20.3. The van der Waals surface area contributed by atoms with Gasteiger partial charge in [-0.25, -0.2) is 0 Å². The molecule has 29 heavy (non-hydrogen) atoms. The highest BCUT2D eigenvalue weighted by Gasteiger charge is 2.53. The minimum atomic E-state index is 0.399. The lowest BCUT2D eigenvalue weighted by molar-refractivity contribution is -0.104. The van der Waals surface area contributed by atoms with Gasteiger partial charge in [0, 0.05) is 25.0 Å². The SMILES string of the molecule is CC(CNCC(c1ccccc1)c1ccccc1)NCC1CC[C@@H]2C[C@H]1C2(C)C. The summed E-state index contributed by atoms with van der Waals surface area (Å²) >= 11 is 0. The van der Waals surface area contributed by atoms with Crippen LogP contribution in [0.5, 0.6) is 0 Å². The third-order valence-corrected chi connectivity index (χ3v) is 7.93. The summed E-state index contributed by atoms with van der Waals surface area (Å²) in [6, 6.07) is 22.3. The van der Waals surface area contributed by atoms with Crippen molar-refractivity contribution in [3.8, 4) is 0 Å². The predicted molar refractivity (Wildman–Crippen MR) is 123 cm³/mol. The Hall–Kier alpha value is -1.64. The molecule has 2 bridgehead atoms. The minimum Gasteiger partial charge on any atom is -0.314 e. The lowest BCUT2D eigenvalue weighted by atomic mass is 9.45. The lowest BCUT2D eigenvalue weighted by Crippen LogP contribution is -2.55. The quantitative estimate of drug-likeness (QED) is 0.594. The van der Waals surface area contributed by atoms with Gasteiger partial charge in [0.25, 0.3) is 0 Å². The Kier molecular flexibility index (Phi) is 6.41. The van der Waals surface area contributed by atoms with Gasteiger partial charge in [0.15, 0.2) is 0 Å². The Morgan fingerprint density at radius 2 is 1.52 bits per heavy atom. The van der Waals surface area contributed by atoms with Gasteiger partial charge in [-0.3, -0.25) is 0 Å². The topological polar surface area (TPSA) is 24.1 Å². The molecule has 2 aromatic carbocycles. The van der Waals surface area contributed by atoms with Gasteiger partial charge in [0.1, 0.15) is 0 Å². The van der Waals surface area contributed by atoms with Crippen molar-refractivity contribution >= 4 is 0 Å². The second-order valence-electron chi connectivity index (χ2n) is 10.0. The van der Waals surface area contributed by atoms with E-state index in [1.165, 1.54) is 36.9 Å². The molecule has 4 atom stereocenters. The Balaban J connectivity index is 1.26. The third kappa shape index (κ3) is 4.59. The maximum absolute atomic E-state index is 3.84. The zero-order valence-electron chi connectivity index (χ0n) is 18.4. The van der Waals surface area contributed by atoms with E-state index in [9.17, 15) is 0 Å². The van der Waals surface area contributed by atoms with Crippen LogP contribution in [0.1, 0.15) is 57.1 Å². The van der Waals surface area contributed by atoms with E-state index in [-0.39, 0.29) is 0 Å². The normalized spacial score (nSPS) is 26.1. The first kappa shape index (κ1) is 20.6. The summed E-state index contributed by atoms with van der Waals surface area (Å²) in [6.07, 6.45) is 4.34. The molecule has 0 spiro atoms. The number of rotatable bonds is 9. The first-order chi connectivity index (χ1) is 14.1. The van der Waals surface area contributed by atoms with E-state index in [4.69, 9.17) is 0 Å². The average Bonchev–Trinajstić information content (AvgIpc) is 2.76. The fraction of sp³-hybridized carbons (Fsp3) is 0.556. The third-order valence-electron chi connectivity index (χ3n) is 7.93. The molecule has 0 saturated heterocycles. The van der Waals surface area contributed by atoms with Gasteiger partial charge in [-0.1, -0.05) is 74.5 Å². The molecule has 0 amide bonds. The summed E-state index contributed by atoms with van der Waals surface area (Å²) in [5.41, 5.74) is 3.36. The van der Waals surface area contributed by atoms with Crippen LogP contribution in [0.25, 0.3) is 0 Å². The first-order valence-corrected chi connectivity index (χ1v) is 11.6. The second-order valence-corrected chi connectivity index (χ2v) is 10.0. The van der Waals surface area contributed by atoms with Crippen molar-refractivity contribution in [1.29, 1.82) is 0 Å². The lowest BCUT2D eigenvalue weighted by Gasteiger charge is -2.60. The summed E-state index contributed by atoms with van der Waals surface area (Å²) in [4.78, 5) is 0. The second kappa shape index (κ2) is 9.02. The molecule has 0 aliphatic heterocycles. The van der Waals surface area contributed by atoms with E-state index in [2.05, 4.69) is 92.1 Å². The van der Waals surface area contributed by atoms with Crippen LogP contribution in [-0.2, 0) is 0 Å². The zero-order valence-corrected chi connectivity index (χ0v) is 18.4. The molecule has 3 aliphatic rings. The van der Waals surface area contributed by atoms with Crippen molar-refractivity contribution in [2.75, 3.05) is 19.6 Å². The Morgan fingerprint density at radius 1 is 0.897 bits per heavy atom. The van der Waals surface area contributed by atoms with Crippen LogP contribution in [0.4, 0.5) is 0 Å². The molecule has 156 valence electrons. The molecular weight excluding hydrogens is 352 g/mol. The maximum Gasteiger partial charge on any atom is 0.0214 e. The summed E-state index contributed by atoms with van der Waals surface area (Å²) < 4.78 is 0. The molecular formula is C27H38N2. The highest BCUT2D eigenvalue weighted by molar-refractivity contribution is 5.32. The highest BCUT2D eigenvalue weighted by atomic mass is 15.0. The van der Waals surface area contributed by atoms with Crippen LogP contribution in [0.2, 0.25) is 0 Å². The van der Waals surface area contributed by atoms with Gasteiger partial charge in [-0.2, -0.15) is 0 Å². The molecule has 3 aliphatic carbocycles. The molecule has 2 unspecified atom stereocenters. The largest absolute Gasteiger partial charge is 0.314 e. The number of hydrogen-bond acceptors (Lipinski definition) is 2. The summed E-state index contributed by atoms with van der Waals surface area (Å²) in [5.74, 6) is 3.21. The molecule has 0 heterocycles. The molecule has 3 saturated carbocycles. The molecule has 2 nitrogen and oxygen atoms in total. The average molecular weight is 391 g/mol. The highest BCUT2D eigenvalue weighted by Crippen LogP contribution is 2.61. The summed E-state index contributed by atoms with van der Waals surface area (Å²) in [6.45, 7) is 10.5. The monoisotopic (exact) mass is 390 g/mol. The van der Waals surface area contributed by atoms with Crippen LogP contribution in [0, 0.1) is 23.2 Å². The van der Waals surface area contributed by atoms with Gasteiger partial charge in [0.2, 0.25) is 0 Å². The van der Waals surface area contributed by atoms with Crippen molar-refractivity contribution in [3.05, 3.63) is 71.8 Å². The van der Waals surface area contributed by atoms with Gasteiger partial charge >= 0.3 is 0 Å². The van der Waals surface area contributed by atoms with Gasteiger partial charge < -0.3 is 10.6 Å². The fourth-order valence-electron chi connectivity index (χ4n) is 5.87. The maximum atomic E-state index is 3.84. The molecule has 2 heteroatoms. The molecule has 2 N–H and O–H groups in total. The van der Waals surface area contributed by atoms with Gasteiger partial charge in [0.05, 0.1) is 0 Å². The van der Waals surface area contributed by atoms with Crippen LogP contribution in [-0.4, -0.2) is 25.7 Å². The van der Waals surface area contributed by atoms with E-state index >= 15 is 0 Å². The number of hydrogen-bond donors (Lipinski definition) is 2. The minimum absolute atomic E-state index is 0.399. The van der Waals surface area contributed by atoms with Gasteiger partial charge in [-0.05, 0) is 67.0 Å². The van der Waals surface area contributed by atoms with Gasteiger partial charge in [-0.15, -0.1) is 0 Å². The summed E-state index contributed by atoms with van der Waals surface area (Å²) in [7, 11) is 0. The number of nitrogens with one attached hydrogen (secondary N) is 2. The van der Waals surface area contributed by atoms with E-state index < -0.39 is 0 Å². The van der Waals surface area contributed by atoms with Crippen LogP contribution >= 0.6 is 0 Å². The van der Waals surface area contributed by atoms with E-state index in [0.29, 0.717) is 17.4 Å². The first-order valence-electron chi connectivity index (χ1n) is 11.6. The molecule has 2 aromatic rings. The van der Waals surface area contributed by atoms with Crippen LogP contribution in [0.15, 0.2) is 60.7 Å². The smallest absolute Gasteiger partial charge is 0.0214 e. The van der Waals surface area contributed by atoms with Crippen molar-refractivity contribution in [2.24, 2.45) is 23.2 Å². The molecule has 5 rings (SSSR count). The number of benzene rings is 2.